The Balaban J connectivity index is 1.84. The van der Waals surface area contributed by atoms with Crippen LogP contribution in [0, 0.1) is 0 Å². The normalized spacial score (nSPS) is 15.7. The zero-order valence-corrected chi connectivity index (χ0v) is 14.2. The SMILES string of the molecule is CN(C)S(=O)(=O)c1nnc(N2CN(c3ccccc3)CC2=O)s1. The van der Waals surface area contributed by atoms with Gasteiger partial charge in [-0.15, -0.1) is 10.2 Å². The number of carbonyl (C=O) groups is 1. The maximum absolute atomic E-state index is 12.2. The van der Waals surface area contributed by atoms with E-state index in [0.29, 0.717) is 6.67 Å². The number of amides is 1. The van der Waals surface area contributed by atoms with Gasteiger partial charge in [0.1, 0.15) is 6.67 Å². The van der Waals surface area contributed by atoms with Crippen molar-refractivity contribution in [2.45, 2.75) is 4.34 Å². The first-order valence-corrected chi connectivity index (χ1v) is 9.01. The Hall–Kier alpha value is -2.04. The molecule has 1 saturated heterocycles. The van der Waals surface area contributed by atoms with E-state index in [1.807, 2.05) is 35.2 Å². The van der Waals surface area contributed by atoms with E-state index in [1.54, 1.807) is 0 Å². The number of benzene rings is 1. The summed E-state index contributed by atoms with van der Waals surface area (Å²) in [6.45, 7) is 0.541. The smallest absolute Gasteiger partial charge is 0.271 e. The molecular formula is C13H15N5O3S2. The average Bonchev–Trinajstić information content (AvgIpc) is 3.14. The van der Waals surface area contributed by atoms with Crippen molar-refractivity contribution in [1.29, 1.82) is 0 Å². The lowest BCUT2D eigenvalue weighted by molar-refractivity contribution is -0.115. The number of carbonyl (C=O) groups excluding carboxylic acids is 1. The second-order valence-corrected chi connectivity index (χ2v) is 8.42. The average molecular weight is 353 g/mol. The van der Waals surface area contributed by atoms with Crippen LogP contribution in [0.4, 0.5) is 10.8 Å². The molecule has 0 N–H and O–H groups in total. The summed E-state index contributed by atoms with van der Waals surface area (Å²) >= 11 is 0.893. The van der Waals surface area contributed by atoms with Crippen molar-refractivity contribution in [1.82, 2.24) is 14.5 Å². The van der Waals surface area contributed by atoms with Gasteiger partial charge in [-0.05, 0) is 12.1 Å². The number of aromatic nitrogens is 2. The Morgan fingerprint density at radius 2 is 1.87 bits per heavy atom. The molecule has 0 spiro atoms. The first-order valence-electron chi connectivity index (χ1n) is 6.76. The fourth-order valence-corrected chi connectivity index (χ4v) is 4.24. The van der Waals surface area contributed by atoms with Crippen LogP contribution in [0.5, 0.6) is 0 Å². The van der Waals surface area contributed by atoms with E-state index >= 15 is 0 Å². The minimum absolute atomic E-state index is 0.122. The third-order valence-electron chi connectivity index (χ3n) is 3.39. The second-order valence-electron chi connectivity index (χ2n) is 5.13. The summed E-state index contributed by atoms with van der Waals surface area (Å²) in [5.74, 6) is -0.140. The molecule has 0 atom stereocenters. The van der Waals surface area contributed by atoms with E-state index in [9.17, 15) is 13.2 Å². The van der Waals surface area contributed by atoms with Crippen LogP contribution in [0.2, 0.25) is 0 Å². The summed E-state index contributed by atoms with van der Waals surface area (Å²) in [7, 11) is -0.792. The predicted octanol–water partition coefficient (Wildman–Crippen LogP) is 0.599. The summed E-state index contributed by atoms with van der Waals surface area (Å²) in [4.78, 5) is 15.6. The minimum atomic E-state index is -3.64. The van der Waals surface area contributed by atoms with E-state index in [-0.39, 0.29) is 21.9 Å². The Morgan fingerprint density at radius 3 is 2.52 bits per heavy atom. The fourth-order valence-electron chi connectivity index (χ4n) is 2.10. The molecule has 3 rings (SSSR count). The molecule has 1 aromatic heterocycles. The number of sulfonamides is 1. The number of rotatable bonds is 4. The van der Waals surface area contributed by atoms with E-state index in [0.717, 1.165) is 21.3 Å². The Bertz CT molecular complexity index is 819. The zero-order chi connectivity index (χ0) is 16.6. The lowest BCUT2D eigenvalue weighted by Gasteiger charge is -2.17. The van der Waals surface area contributed by atoms with E-state index < -0.39 is 10.0 Å². The monoisotopic (exact) mass is 353 g/mol. The number of nitrogens with zero attached hydrogens (tertiary/aromatic N) is 5. The van der Waals surface area contributed by atoms with E-state index in [4.69, 9.17) is 0 Å². The van der Waals surface area contributed by atoms with Crippen LogP contribution in [-0.4, -0.2) is 56.1 Å². The van der Waals surface area contributed by atoms with Gasteiger partial charge >= 0.3 is 0 Å². The zero-order valence-electron chi connectivity index (χ0n) is 12.6. The number of hydrogen-bond donors (Lipinski definition) is 0. The summed E-state index contributed by atoms with van der Waals surface area (Å²) in [6, 6.07) is 9.53. The van der Waals surface area contributed by atoms with Crippen molar-refractivity contribution in [2.24, 2.45) is 0 Å². The maximum Gasteiger partial charge on any atom is 0.271 e. The highest BCUT2D eigenvalue weighted by molar-refractivity contribution is 7.91. The van der Waals surface area contributed by atoms with Crippen LogP contribution in [0.25, 0.3) is 0 Å². The van der Waals surface area contributed by atoms with Gasteiger partial charge in [0, 0.05) is 19.8 Å². The van der Waals surface area contributed by atoms with E-state index in [1.165, 1.54) is 19.0 Å². The third-order valence-corrected chi connectivity index (χ3v) is 6.50. The number of anilines is 2. The molecule has 1 fully saturated rings. The molecule has 0 radical (unpaired) electrons. The standard InChI is InChI=1S/C13H15N5O3S2/c1-16(2)23(20,21)13-15-14-12(22-13)18-9-17(8-11(18)19)10-6-4-3-5-7-10/h3-7H,8-9H2,1-2H3. The molecule has 23 heavy (non-hydrogen) atoms. The lowest BCUT2D eigenvalue weighted by atomic mass is 10.3. The highest BCUT2D eigenvalue weighted by Crippen LogP contribution is 2.29. The maximum atomic E-state index is 12.2. The van der Waals surface area contributed by atoms with Gasteiger partial charge in [0.2, 0.25) is 15.4 Å². The van der Waals surface area contributed by atoms with Gasteiger partial charge in [0.15, 0.2) is 0 Å². The molecule has 122 valence electrons. The van der Waals surface area contributed by atoms with Gasteiger partial charge in [-0.1, -0.05) is 29.5 Å². The molecule has 1 aromatic carbocycles. The van der Waals surface area contributed by atoms with Crippen LogP contribution in [-0.2, 0) is 14.8 Å². The molecule has 2 aromatic rings. The minimum Gasteiger partial charge on any atom is -0.344 e. The Morgan fingerprint density at radius 1 is 1.17 bits per heavy atom. The van der Waals surface area contributed by atoms with Crippen LogP contribution in [0.15, 0.2) is 34.7 Å². The third kappa shape index (κ3) is 2.92. The first-order chi connectivity index (χ1) is 10.9. The van der Waals surface area contributed by atoms with Crippen LogP contribution < -0.4 is 9.80 Å². The Labute approximate surface area is 138 Å². The van der Waals surface area contributed by atoms with Gasteiger partial charge in [0.05, 0.1) is 6.54 Å². The van der Waals surface area contributed by atoms with Crippen molar-refractivity contribution in [3.8, 4) is 0 Å². The van der Waals surface area contributed by atoms with Gasteiger partial charge < -0.3 is 4.90 Å². The summed E-state index contributed by atoms with van der Waals surface area (Å²) < 4.78 is 25.0. The summed E-state index contributed by atoms with van der Waals surface area (Å²) in [6.07, 6.45) is 0. The Kier molecular flexibility index (Phi) is 4.04. The topological polar surface area (TPSA) is 86.7 Å². The van der Waals surface area contributed by atoms with Crippen LogP contribution in [0.3, 0.4) is 0 Å². The molecule has 0 unspecified atom stereocenters. The van der Waals surface area contributed by atoms with Gasteiger partial charge in [0.25, 0.3) is 10.0 Å². The molecule has 1 aliphatic heterocycles. The summed E-state index contributed by atoms with van der Waals surface area (Å²) in [5, 5.41) is 7.86. The molecule has 10 heteroatoms. The van der Waals surface area contributed by atoms with Gasteiger partial charge in [-0.2, -0.15) is 0 Å². The van der Waals surface area contributed by atoms with Gasteiger partial charge in [-0.3, -0.25) is 9.69 Å². The fraction of sp³-hybridized carbons (Fsp3) is 0.308. The molecule has 1 amide bonds. The molecule has 0 saturated carbocycles. The van der Waals surface area contributed by atoms with Crippen molar-refractivity contribution in [2.75, 3.05) is 37.1 Å². The van der Waals surface area contributed by atoms with Gasteiger partial charge in [-0.25, -0.2) is 12.7 Å². The largest absolute Gasteiger partial charge is 0.344 e. The molecule has 0 bridgehead atoms. The lowest BCUT2D eigenvalue weighted by Crippen LogP contribution is -2.26. The molecular weight excluding hydrogens is 338 g/mol. The quantitative estimate of drug-likeness (QED) is 0.748. The van der Waals surface area contributed by atoms with Crippen LogP contribution in [0.1, 0.15) is 0 Å². The van der Waals surface area contributed by atoms with Crippen molar-refractivity contribution < 1.29 is 13.2 Å². The number of para-hydroxylation sites is 1. The molecule has 0 aliphatic carbocycles. The first kappa shape index (κ1) is 15.8. The predicted molar refractivity (Wildman–Crippen MR) is 86.9 cm³/mol. The molecule has 2 heterocycles. The van der Waals surface area contributed by atoms with E-state index in [2.05, 4.69) is 10.2 Å². The van der Waals surface area contributed by atoms with Crippen molar-refractivity contribution in [3.63, 3.8) is 0 Å². The second kappa shape index (κ2) is 5.87. The van der Waals surface area contributed by atoms with Crippen molar-refractivity contribution in [3.05, 3.63) is 30.3 Å². The molecule has 1 aliphatic rings. The van der Waals surface area contributed by atoms with Crippen LogP contribution >= 0.6 is 11.3 Å². The summed E-state index contributed by atoms with van der Waals surface area (Å²) in [5.41, 5.74) is 0.925. The molecule has 8 nitrogen and oxygen atoms in total. The van der Waals surface area contributed by atoms with Crippen molar-refractivity contribution >= 4 is 38.1 Å². The highest BCUT2D eigenvalue weighted by Gasteiger charge is 2.33. The number of hydrogen-bond acceptors (Lipinski definition) is 7. The highest BCUT2D eigenvalue weighted by atomic mass is 32.2.